The molecule has 26 heavy (non-hydrogen) atoms. The number of anilines is 1. The summed E-state index contributed by atoms with van der Waals surface area (Å²) in [6.45, 7) is -0.284. The standard InChI is InChI=1S/C17H15Cl2N3O4/c18-11-8-20-22(16(24)15(11)19)9-14(23)21-10-3-4-12-13(7-10)26-17(25-12)5-1-2-6-17/h3-4,7-8H,1-2,5-6,9H2,(H,21,23). The number of nitrogens with zero attached hydrogens (tertiary/aromatic N) is 2. The topological polar surface area (TPSA) is 82.5 Å². The zero-order chi connectivity index (χ0) is 18.3. The first-order valence-corrected chi connectivity index (χ1v) is 8.94. The number of fused-ring (bicyclic) bond motifs is 1. The van der Waals surface area contributed by atoms with Gasteiger partial charge in [-0.1, -0.05) is 23.2 Å². The largest absolute Gasteiger partial charge is 0.448 e. The molecule has 1 N–H and O–H groups in total. The van der Waals surface area contributed by atoms with Gasteiger partial charge in [-0.3, -0.25) is 9.59 Å². The van der Waals surface area contributed by atoms with Crippen LogP contribution in [0.15, 0.2) is 29.2 Å². The van der Waals surface area contributed by atoms with E-state index < -0.39 is 17.3 Å². The summed E-state index contributed by atoms with van der Waals surface area (Å²) in [5.74, 6) is 0.302. The zero-order valence-electron chi connectivity index (χ0n) is 13.6. The molecule has 0 unspecified atom stereocenters. The molecular weight excluding hydrogens is 381 g/mol. The van der Waals surface area contributed by atoms with Gasteiger partial charge in [0.2, 0.25) is 5.91 Å². The van der Waals surface area contributed by atoms with E-state index in [2.05, 4.69) is 10.4 Å². The van der Waals surface area contributed by atoms with E-state index in [0.717, 1.165) is 30.4 Å². The minimum Gasteiger partial charge on any atom is -0.448 e. The van der Waals surface area contributed by atoms with Gasteiger partial charge in [0.05, 0.1) is 11.2 Å². The molecule has 9 heteroatoms. The predicted molar refractivity (Wildman–Crippen MR) is 96.0 cm³/mol. The normalized spacial score (nSPS) is 16.8. The Labute approximate surface area is 158 Å². The van der Waals surface area contributed by atoms with Crippen LogP contribution < -0.4 is 20.3 Å². The van der Waals surface area contributed by atoms with Crippen LogP contribution in [0.1, 0.15) is 25.7 Å². The Morgan fingerprint density at radius 1 is 1.23 bits per heavy atom. The summed E-state index contributed by atoms with van der Waals surface area (Å²) in [6.07, 6.45) is 5.08. The van der Waals surface area contributed by atoms with Crippen LogP contribution >= 0.6 is 23.2 Å². The third-order valence-electron chi connectivity index (χ3n) is 4.42. The van der Waals surface area contributed by atoms with Crippen molar-refractivity contribution in [2.45, 2.75) is 38.0 Å². The Kier molecular flexibility index (Phi) is 4.28. The number of amides is 1. The van der Waals surface area contributed by atoms with Crippen LogP contribution in [0.2, 0.25) is 10.0 Å². The van der Waals surface area contributed by atoms with Gasteiger partial charge < -0.3 is 14.8 Å². The fourth-order valence-electron chi connectivity index (χ4n) is 3.18. The molecule has 0 saturated heterocycles. The van der Waals surface area contributed by atoms with Gasteiger partial charge in [0, 0.05) is 24.6 Å². The van der Waals surface area contributed by atoms with Crippen LogP contribution in [0.3, 0.4) is 0 Å². The van der Waals surface area contributed by atoms with E-state index in [1.807, 2.05) is 0 Å². The van der Waals surface area contributed by atoms with Crippen molar-refractivity contribution in [1.29, 1.82) is 0 Å². The molecule has 4 rings (SSSR count). The van der Waals surface area contributed by atoms with E-state index in [4.69, 9.17) is 32.7 Å². The average Bonchev–Trinajstić information content (AvgIpc) is 3.21. The van der Waals surface area contributed by atoms with Gasteiger partial charge in [0.25, 0.3) is 11.3 Å². The lowest BCUT2D eigenvalue weighted by Gasteiger charge is -2.21. The molecule has 2 aromatic rings. The van der Waals surface area contributed by atoms with E-state index in [-0.39, 0.29) is 16.6 Å². The van der Waals surface area contributed by atoms with Crippen molar-refractivity contribution in [3.05, 3.63) is 44.8 Å². The number of halogens is 2. The molecular formula is C17H15Cl2N3O4. The predicted octanol–water partition coefficient (Wildman–Crippen LogP) is 3.23. The van der Waals surface area contributed by atoms with Crippen LogP contribution in [-0.2, 0) is 11.3 Å². The Morgan fingerprint density at radius 3 is 2.73 bits per heavy atom. The van der Waals surface area contributed by atoms with E-state index in [1.54, 1.807) is 18.2 Å². The van der Waals surface area contributed by atoms with Crippen LogP contribution in [0.4, 0.5) is 5.69 Å². The molecule has 1 aliphatic carbocycles. The summed E-state index contributed by atoms with van der Waals surface area (Å²) in [5.41, 5.74) is -0.0799. The van der Waals surface area contributed by atoms with Crippen molar-refractivity contribution >= 4 is 34.8 Å². The van der Waals surface area contributed by atoms with Gasteiger partial charge >= 0.3 is 0 Å². The highest BCUT2D eigenvalue weighted by molar-refractivity contribution is 6.41. The number of nitrogens with one attached hydrogen (secondary N) is 1. The van der Waals surface area contributed by atoms with Crippen molar-refractivity contribution in [3.8, 4) is 11.5 Å². The van der Waals surface area contributed by atoms with E-state index in [1.165, 1.54) is 6.20 Å². The van der Waals surface area contributed by atoms with E-state index in [0.29, 0.717) is 17.2 Å². The molecule has 2 heterocycles. The summed E-state index contributed by atoms with van der Waals surface area (Å²) in [6, 6.07) is 5.20. The number of aromatic nitrogens is 2. The monoisotopic (exact) mass is 395 g/mol. The fourth-order valence-corrected chi connectivity index (χ4v) is 3.45. The maximum Gasteiger partial charge on any atom is 0.287 e. The van der Waals surface area contributed by atoms with Crippen molar-refractivity contribution in [2.75, 3.05) is 5.32 Å². The molecule has 0 atom stereocenters. The Balaban J connectivity index is 1.46. The maximum atomic E-state index is 12.2. The molecule has 1 aromatic heterocycles. The molecule has 7 nitrogen and oxygen atoms in total. The second kappa shape index (κ2) is 6.48. The minimum absolute atomic E-state index is 0.0462. The number of carbonyl (C=O) groups is 1. The first kappa shape index (κ1) is 17.2. The lowest BCUT2D eigenvalue weighted by atomic mass is 10.2. The third-order valence-corrected chi connectivity index (χ3v) is 5.17. The first-order chi connectivity index (χ1) is 12.5. The number of ether oxygens (including phenoxy) is 2. The maximum absolute atomic E-state index is 12.2. The quantitative estimate of drug-likeness (QED) is 0.862. The van der Waals surface area contributed by atoms with Gasteiger partial charge in [-0.05, 0) is 25.0 Å². The number of carbonyl (C=O) groups excluding carboxylic acids is 1. The smallest absolute Gasteiger partial charge is 0.287 e. The third kappa shape index (κ3) is 3.12. The van der Waals surface area contributed by atoms with Gasteiger partial charge in [-0.2, -0.15) is 5.10 Å². The molecule has 1 aromatic carbocycles. The van der Waals surface area contributed by atoms with Gasteiger partial charge in [-0.25, -0.2) is 4.68 Å². The molecule has 0 radical (unpaired) electrons. The number of benzene rings is 1. The van der Waals surface area contributed by atoms with Gasteiger partial charge in [-0.15, -0.1) is 0 Å². The van der Waals surface area contributed by atoms with Crippen molar-refractivity contribution in [3.63, 3.8) is 0 Å². The summed E-state index contributed by atoms with van der Waals surface area (Å²) in [4.78, 5) is 24.2. The lowest BCUT2D eigenvalue weighted by Crippen LogP contribution is -2.34. The number of rotatable bonds is 3. The molecule has 1 spiro atoms. The molecule has 1 fully saturated rings. The SMILES string of the molecule is O=C(Cn1ncc(Cl)c(Cl)c1=O)Nc1ccc2c(c1)OC1(CCCC1)O2. The molecule has 0 bridgehead atoms. The molecule has 2 aliphatic rings. The first-order valence-electron chi connectivity index (χ1n) is 8.19. The Bertz CT molecular complexity index is 938. The van der Waals surface area contributed by atoms with E-state index >= 15 is 0 Å². The fraction of sp³-hybridized carbons (Fsp3) is 0.353. The van der Waals surface area contributed by atoms with Crippen molar-refractivity contribution < 1.29 is 14.3 Å². The van der Waals surface area contributed by atoms with Crippen molar-refractivity contribution in [1.82, 2.24) is 9.78 Å². The van der Waals surface area contributed by atoms with Crippen LogP contribution in [0.25, 0.3) is 0 Å². The van der Waals surface area contributed by atoms with Gasteiger partial charge in [0.1, 0.15) is 11.6 Å². The highest BCUT2D eigenvalue weighted by Gasteiger charge is 2.44. The lowest BCUT2D eigenvalue weighted by molar-refractivity contribution is -0.117. The zero-order valence-corrected chi connectivity index (χ0v) is 15.1. The number of hydrogen-bond acceptors (Lipinski definition) is 5. The average molecular weight is 396 g/mol. The highest BCUT2D eigenvalue weighted by atomic mass is 35.5. The summed E-state index contributed by atoms with van der Waals surface area (Å²) in [5, 5.41) is 6.40. The summed E-state index contributed by atoms with van der Waals surface area (Å²) < 4.78 is 12.9. The van der Waals surface area contributed by atoms with Crippen LogP contribution in [0, 0.1) is 0 Å². The van der Waals surface area contributed by atoms with Crippen molar-refractivity contribution in [2.24, 2.45) is 0 Å². The Hall–Kier alpha value is -2.25. The molecule has 1 saturated carbocycles. The van der Waals surface area contributed by atoms with Crippen LogP contribution in [-0.4, -0.2) is 21.5 Å². The summed E-state index contributed by atoms with van der Waals surface area (Å²) in [7, 11) is 0. The minimum atomic E-state index is -0.622. The summed E-state index contributed by atoms with van der Waals surface area (Å²) >= 11 is 11.5. The second-order valence-corrected chi connectivity index (χ2v) is 7.09. The van der Waals surface area contributed by atoms with Gasteiger partial charge in [0.15, 0.2) is 11.5 Å². The van der Waals surface area contributed by atoms with E-state index in [9.17, 15) is 9.59 Å². The second-order valence-electron chi connectivity index (χ2n) is 6.30. The Morgan fingerprint density at radius 2 is 1.96 bits per heavy atom. The highest BCUT2D eigenvalue weighted by Crippen LogP contribution is 2.47. The number of hydrogen-bond donors (Lipinski definition) is 1. The molecule has 1 aliphatic heterocycles. The molecule has 136 valence electrons. The molecule has 1 amide bonds. The van der Waals surface area contributed by atoms with Crippen LogP contribution in [0.5, 0.6) is 11.5 Å².